The van der Waals surface area contributed by atoms with Crippen LogP contribution >= 0.6 is 24.2 Å². The van der Waals surface area contributed by atoms with Crippen LogP contribution in [0, 0.1) is 11.3 Å². The normalized spacial score (nSPS) is 24.6. The lowest BCUT2D eigenvalue weighted by Crippen LogP contribution is -2.55. The van der Waals surface area contributed by atoms with Gasteiger partial charge >= 0.3 is 0 Å². The van der Waals surface area contributed by atoms with Gasteiger partial charge in [0.2, 0.25) is 0 Å². The average Bonchev–Trinajstić information content (AvgIpc) is 2.81. The van der Waals surface area contributed by atoms with Gasteiger partial charge in [-0.1, -0.05) is 31.0 Å². The number of halogens is 1. The number of hydrogen-bond acceptors (Lipinski definition) is 6. The van der Waals surface area contributed by atoms with Crippen molar-refractivity contribution in [2.75, 3.05) is 5.75 Å². The molecule has 100 valence electrons. The van der Waals surface area contributed by atoms with Crippen molar-refractivity contribution in [3.8, 4) is 6.07 Å². The van der Waals surface area contributed by atoms with Gasteiger partial charge in [-0.25, -0.2) is 4.79 Å². The Kier molecular flexibility index (Phi) is 6.00. The Morgan fingerprint density at radius 1 is 1.39 bits per heavy atom. The van der Waals surface area contributed by atoms with Crippen molar-refractivity contribution in [3.05, 3.63) is 5.03 Å². The van der Waals surface area contributed by atoms with Gasteiger partial charge in [0.05, 0.1) is 6.07 Å². The Hall–Kier alpha value is -0.700. The molecule has 1 aliphatic carbocycles. The minimum absolute atomic E-state index is 0. The summed E-state index contributed by atoms with van der Waals surface area (Å²) < 4.78 is 0. The van der Waals surface area contributed by atoms with Crippen LogP contribution in [0.5, 0.6) is 0 Å². The Morgan fingerprint density at radius 3 is 2.61 bits per heavy atom. The van der Waals surface area contributed by atoms with E-state index in [1.807, 2.05) is 5.94 Å². The molecule has 1 saturated carbocycles. The zero-order valence-corrected chi connectivity index (χ0v) is 11.7. The first-order chi connectivity index (χ1) is 8.27. The van der Waals surface area contributed by atoms with Crippen molar-refractivity contribution in [1.29, 1.82) is 5.26 Å². The van der Waals surface area contributed by atoms with E-state index in [-0.39, 0.29) is 24.5 Å². The summed E-state index contributed by atoms with van der Waals surface area (Å²) in [6.45, 7) is 0. The second-order valence-corrected chi connectivity index (χ2v) is 5.39. The maximum Gasteiger partial charge on any atom is 0.174 e. The van der Waals surface area contributed by atoms with Crippen LogP contribution in [0.1, 0.15) is 32.1 Å². The third-order valence-electron chi connectivity index (χ3n) is 3.32. The lowest BCUT2D eigenvalue weighted by Gasteiger charge is -2.38. The summed E-state index contributed by atoms with van der Waals surface area (Å²) in [5, 5.41) is 12.7. The second-order valence-electron chi connectivity index (χ2n) is 4.38. The third-order valence-corrected chi connectivity index (χ3v) is 4.34. The number of nitrogens with zero attached hydrogens (tertiary/aromatic N) is 3. The fourth-order valence-electron chi connectivity index (χ4n) is 2.39. The monoisotopic (exact) mass is 288 g/mol. The smallest absolute Gasteiger partial charge is 0.174 e. The molecule has 0 spiro atoms. The summed E-state index contributed by atoms with van der Waals surface area (Å²) in [4.78, 5) is 10.9. The Morgan fingerprint density at radius 2 is 2.06 bits per heavy atom. The number of carbonyl (C=O) groups excluding carboxylic acids is 1. The Labute approximate surface area is 117 Å². The fourth-order valence-corrected chi connectivity index (χ4v) is 3.34. The predicted molar refractivity (Wildman–Crippen MR) is 73.1 cm³/mol. The van der Waals surface area contributed by atoms with Crippen molar-refractivity contribution >= 4 is 30.1 Å². The topological polar surface area (TPSA) is 73.4 Å². The van der Waals surface area contributed by atoms with Crippen molar-refractivity contribution < 1.29 is 4.79 Å². The minimum Gasteiger partial charge on any atom is -0.258 e. The lowest BCUT2D eigenvalue weighted by atomic mass is 9.96. The highest BCUT2D eigenvalue weighted by molar-refractivity contribution is 8.03. The van der Waals surface area contributed by atoms with Gasteiger partial charge in [0.1, 0.15) is 6.04 Å². The fraction of sp³-hybridized carbons (Fsp3) is 0.727. The molecule has 1 atom stereocenters. The van der Waals surface area contributed by atoms with Crippen LogP contribution in [0.15, 0.2) is 5.03 Å². The summed E-state index contributed by atoms with van der Waals surface area (Å²) in [6, 6.07) is 2.08. The molecule has 0 aromatic rings. The molecular weight excluding hydrogens is 272 g/mol. The zero-order chi connectivity index (χ0) is 12.3. The van der Waals surface area contributed by atoms with E-state index in [1.54, 1.807) is 10.1 Å². The first-order valence-corrected chi connectivity index (χ1v) is 6.87. The quantitative estimate of drug-likeness (QED) is 0.471. The summed E-state index contributed by atoms with van der Waals surface area (Å²) in [7, 11) is 0. The summed E-state index contributed by atoms with van der Waals surface area (Å²) >= 11 is 1.35. The molecule has 7 heteroatoms. The van der Waals surface area contributed by atoms with Crippen LogP contribution in [0.25, 0.3) is 0 Å². The molecule has 0 bridgehead atoms. The standard InChI is InChI=1S/C11H16N4OS.ClH/c12-6-10-8-17-11(7-16)14(10)15(13)9-4-2-1-3-5-9;/h9-10H,1-5,8,13H2;1H. The van der Waals surface area contributed by atoms with Crippen LogP contribution in [0.3, 0.4) is 0 Å². The molecule has 2 N–H and O–H groups in total. The molecule has 1 saturated heterocycles. The van der Waals surface area contributed by atoms with Crippen LogP contribution < -0.4 is 5.84 Å². The molecule has 0 radical (unpaired) electrons. The van der Waals surface area contributed by atoms with Gasteiger partial charge in [-0.15, -0.1) is 12.4 Å². The highest BCUT2D eigenvalue weighted by Crippen LogP contribution is 2.33. The minimum atomic E-state index is -0.344. The molecule has 2 aliphatic rings. The molecule has 2 rings (SSSR count). The van der Waals surface area contributed by atoms with E-state index in [9.17, 15) is 4.79 Å². The molecular formula is C11H17ClN4OS. The zero-order valence-electron chi connectivity index (χ0n) is 10.0. The van der Waals surface area contributed by atoms with Crippen molar-refractivity contribution in [2.24, 2.45) is 5.84 Å². The number of nitriles is 1. The molecule has 2 fully saturated rings. The Balaban J connectivity index is 0.00000162. The molecule has 1 aliphatic heterocycles. The van der Waals surface area contributed by atoms with Crippen molar-refractivity contribution in [3.63, 3.8) is 0 Å². The maximum atomic E-state index is 10.9. The van der Waals surface area contributed by atoms with E-state index >= 15 is 0 Å². The molecule has 0 aromatic heterocycles. The van der Waals surface area contributed by atoms with Crippen molar-refractivity contribution in [2.45, 2.75) is 44.2 Å². The maximum absolute atomic E-state index is 10.9. The first-order valence-electron chi connectivity index (χ1n) is 5.88. The predicted octanol–water partition coefficient (Wildman–Crippen LogP) is 1.45. The van der Waals surface area contributed by atoms with Crippen LogP contribution in [0.4, 0.5) is 0 Å². The molecule has 0 amide bonds. The molecule has 5 nitrogen and oxygen atoms in total. The van der Waals surface area contributed by atoms with E-state index in [1.165, 1.54) is 18.2 Å². The van der Waals surface area contributed by atoms with E-state index in [4.69, 9.17) is 11.1 Å². The van der Waals surface area contributed by atoms with Crippen molar-refractivity contribution in [1.82, 2.24) is 10.1 Å². The van der Waals surface area contributed by atoms with E-state index in [2.05, 4.69) is 6.07 Å². The second kappa shape index (κ2) is 7.03. The van der Waals surface area contributed by atoms with Crippen LogP contribution in [0.2, 0.25) is 0 Å². The molecule has 1 heterocycles. The Bertz CT molecular complexity index is 374. The molecule has 0 aromatic carbocycles. The largest absolute Gasteiger partial charge is 0.258 e. The summed E-state index contributed by atoms with van der Waals surface area (Å²) in [5.74, 6) is 8.55. The number of nitrogens with two attached hydrogens (primary N) is 1. The number of thioether (sulfide) groups is 1. The highest BCUT2D eigenvalue weighted by atomic mass is 35.5. The van der Waals surface area contributed by atoms with E-state index in [0.717, 1.165) is 25.7 Å². The van der Waals surface area contributed by atoms with Crippen LogP contribution in [-0.2, 0) is 4.79 Å². The van der Waals surface area contributed by atoms with Gasteiger partial charge in [-0.05, 0) is 12.8 Å². The van der Waals surface area contributed by atoms with Gasteiger partial charge in [0.15, 0.2) is 11.0 Å². The van der Waals surface area contributed by atoms with Crippen LogP contribution in [-0.4, -0.2) is 33.9 Å². The lowest BCUT2D eigenvalue weighted by molar-refractivity contribution is -0.0450. The highest BCUT2D eigenvalue weighted by Gasteiger charge is 2.36. The van der Waals surface area contributed by atoms with Gasteiger partial charge in [-0.3, -0.25) is 10.9 Å². The van der Waals surface area contributed by atoms with Gasteiger partial charge in [0.25, 0.3) is 0 Å². The summed E-state index contributed by atoms with van der Waals surface area (Å²) in [5.41, 5.74) is 0. The SMILES string of the molecule is Cl.N#CC1CSC(=C=O)N1N(N)C1CCCCC1. The average molecular weight is 289 g/mol. The van der Waals surface area contributed by atoms with Gasteiger partial charge in [0, 0.05) is 11.8 Å². The third kappa shape index (κ3) is 3.00. The van der Waals surface area contributed by atoms with Gasteiger partial charge in [-0.2, -0.15) is 10.4 Å². The number of hydrazine groups is 2. The van der Waals surface area contributed by atoms with E-state index < -0.39 is 0 Å². The first kappa shape index (κ1) is 15.4. The van der Waals surface area contributed by atoms with E-state index in [0.29, 0.717) is 10.8 Å². The summed E-state index contributed by atoms with van der Waals surface area (Å²) in [6.07, 6.45) is 5.63. The number of rotatable bonds is 2. The van der Waals surface area contributed by atoms with Gasteiger partial charge < -0.3 is 0 Å². The molecule has 1 unspecified atom stereocenters. The molecule has 18 heavy (non-hydrogen) atoms. The number of hydrogen-bond donors (Lipinski definition) is 1.